The van der Waals surface area contributed by atoms with Crippen LogP contribution in [0.25, 0.3) is 49.5 Å². The van der Waals surface area contributed by atoms with E-state index in [0.29, 0.717) is 6.54 Å². The normalized spacial score (nSPS) is 14.9. The Hall–Kier alpha value is -5.05. The van der Waals surface area contributed by atoms with Crippen molar-refractivity contribution in [3.8, 4) is 11.1 Å². The number of rotatable bonds is 11. The number of fused-ring (bicyclic) bond motifs is 6. The fourth-order valence-corrected chi connectivity index (χ4v) is 9.94. The first-order chi connectivity index (χ1) is 26.0. The summed E-state index contributed by atoms with van der Waals surface area (Å²) in [6, 6.07) is 19.8. The van der Waals surface area contributed by atoms with Crippen LogP contribution in [-0.4, -0.2) is 12.3 Å². The molecule has 0 aliphatic heterocycles. The molecule has 1 nitrogen and oxygen atoms in total. The Morgan fingerprint density at radius 3 is 2.30 bits per heavy atom. The van der Waals surface area contributed by atoms with E-state index in [-0.39, 0.29) is 0 Å². The molecule has 2 aliphatic carbocycles. The van der Waals surface area contributed by atoms with E-state index in [0.717, 1.165) is 55.4 Å². The van der Waals surface area contributed by atoms with Gasteiger partial charge in [0.15, 0.2) is 0 Å². The van der Waals surface area contributed by atoms with Crippen LogP contribution in [0.2, 0.25) is 0 Å². The monoisotopic (exact) mass is 709 g/mol. The van der Waals surface area contributed by atoms with Crippen molar-refractivity contribution in [2.24, 2.45) is 4.99 Å². The smallest absolute Gasteiger partial charge is 0.0679 e. The van der Waals surface area contributed by atoms with Gasteiger partial charge < -0.3 is 0 Å². The molecule has 0 bridgehead atoms. The van der Waals surface area contributed by atoms with Gasteiger partial charge in [-0.3, -0.25) is 4.99 Å². The van der Waals surface area contributed by atoms with Crippen LogP contribution in [0.1, 0.15) is 90.1 Å². The van der Waals surface area contributed by atoms with Gasteiger partial charge in [-0.1, -0.05) is 122 Å². The first-order valence-electron chi connectivity index (χ1n) is 19.3. The number of aryl methyl sites for hydroxylation is 2. The Morgan fingerprint density at radius 2 is 1.57 bits per heavy atom. The van der Waals surface area contributed by atoms with Gasteiger partial charge in [-0.25, -0.2) is 0 Å². The first-order valence-corrected chi connectivity index (χ1v) is 20.1. The number of nitrogens with zero attached hydrogens (tertiary/aromatic N) is 1. The molecule has 0 fully saturated rings. The molecule has 0 amide bonds. The number of benzene rings is 4. The zero-order chi connectivity index (χ0) is 36.9. The van der Waals surface area contributed by atoms with Gasteiger partial charge in [-0.2, -0.15) is 0 Å². The van der Waals surface area contributed by atoms with Gasteiger partial charge in [0.25, 0.3) is 0 Å². The second-order valence-corrected chi connectivity index (χ2v) is 15.2. The fraction of sp³-hybridized carbons (Fsp3) is 0.235. The number of allylic oxidation sites excluding steroid dienone is 8. The molecule has 0 unspecified atom stereocenters. The van der Waals surface area contributed by atoms with Crippen molar-refractivity contribution in [1.82, 2.24) is 0 Å². The predicted octanol–water partition coefficient (Wildman–Crippen LogP) is 14.3. The Balaban J connectivity index is 1.48. The third-order valence-electron chi connectivity index (χ3n) is 11.0. The Bertz CT molecular complexity index is 2420. The number of hydrogen-bond acceptors (Lipinski definition) is 2. The summed E-state index contributed by atoms with van der Waals surface area (Å²) in [6.45, 7) is 15.7. The predicted molar refractivity (Wildman–Crippen MR) is 237 cm³/mol. The summed E-state index contributed by atoms with van der Waals surface area (Å²) >= 11 is 1.99. The largest absolute Gasteiger partial charge is 0.280 e. The van der Waals surface area contributed by atoms with E-state index in [1.807, 2.05) is 17.4 Å². The van der Waals surface area contributed by atoms with E-state index in [2.05, 4.69) is 157 Å². The highest BCUT2D eigenvalue weighted by Crippen LogP contribution is 2.50. The van der Waals surface area contributed by atoms with Gasteiger partial charge in [-0.15, -0.1) is 11.3 Å². The van der Waals surface area contributed by atoms with E-state index in [4.69, 9.17) is 4.99 Å². The van der Waals surface area contributed by atoms with Gasteiger partial charge in [-0.05, 0) is 152 Å². The second kappa shape index (κ2) is 16.3. The Kier molecular flexibility index (Phi) is 11.2. The van der Waals surface area contributed by atoms with Crippen molar-refractivity contribution in [3.63, 3.8) is 0 Å². The first kappa shape index (κ1) is 36.3. The molecular formula is C51H51NS. The van der Waals surface area contributed by atoms with Crippen molar-refractivity contribution in [2.45, 2.75) is 73.1 Å². The molecule has 0 spiro atoms. The van der Waals surface area contributed by atoms with E-state index in [1.165, 1.54) is 81.4 Å². The number of aliphatic imine (C=N–C) groups is 1. The SMILES string of the molecule is C=C/C=C(\C=C/C)CN=C(/C(=C\C)CCc1c(-c2c(C)c3c(c(C)c2/C=C\C)C=CCC3)c2c(c3c1sc1ccccc13)CCC=C2)c1ccccc1. The highest BCUT2D eigenvalue weighted by molar-refractivity contribution is 7.26. The highest BCUT2D eigenvalue weighted by Gasteiger charge is 2.28. The third-order valence-corrected chi connectivity index (χ3v) is 12.3. The van der Waals surface area contributed by atoms with Gasteiger partial charge in [0.2, 0.25) is 0 Å². The average molecular weight is 710 g/mol. The van der Waals surface area contributed by atoms with Crippen LogP contribution in [0, 0.1) is 13.8 Å². The zero-order valence-corrected chi connectivity index (χ0v) is 32.9. The van der Waals surface area contributed by atoms with Gasteiger partial charge >= 0.3 is 0 Å². The van der Waals surface area contributed by atoms with Crippen molar-refractivity contribution < 1.29 is 0 Å². The molecule has 4 aromatic carbocycles. The summed E-state index contributed by atoms with van der Waals surface area (Å²) < 4.78 is 2.83. The summed E-state index contributed by atoms with van der Waals surface area (Å²) in [4.78, 5) is 5.33. The molecule has 5 aromatic rings. The molecule has 2 aliphatic rings. The molecule has 266 valence electrons. The minimum absolute atomic E-state index is 0.599. The summed E-state index contributed by atoms with van der Waals surface area (Å²) in [5.41, 5.74) is 19.1. The van der Waals surface area contributed by atoms with E-state index in [1.54, 1.807) is 0 Å². The molecule has 2 heteroatoms. The molecule has 1 heterocycles. The Labute approximate surface area is 320 Å². The van der Waals surface area contributed by atoms with Crippen molar-refractivity contribution >= 4 is 55.4 Å². The van der Waals surface area contributed by atoms with Crippen LogP contribution in [0.3, 0.4) is 0 Å². The summed E-state index contributed by atoms with van der Waals surface area (Å²) in [6.07, 6.45) is 30.8. The van der Waals surface area contributed by atoms with E-state index in [9.17, 15) is 0 Å². The molecular weight excluding hydrogens is 659 g/mol. The van der Waals surface area contributed by atoms with Crippen LogP contribution >= 0.6 is 11.3 Å². The lowest BCUT2D eigenvalue weighted by Crippen LogP contribution is -2.11. The minimum atomic E-state index is 0.599. The molecule has 53 heavy (non-hydrogen) atoms. The minimum Gasteiger partial charge on any atom is -0.280 e. The fourth-order valence-electron chi connectivity index (χ4n) is 8.63. The molecule has 7 rings (SSSR count). The van der Waals surface area contributed by atoms with Crippen LogP contribution in [0.5, 0.6) is 0 Å². The van der Waals surface area contributed by atoms with Crippen molar-refractivity contribution in [1.29, 1.82) is 0 Å². The van der Waals surface area contributed by atoms with Crippen LogP contribution in [0.4, 0.5) is 0 Å². The maximum Gasteiger partial charge on any atom is 0.0679 e. The quantitative estimate of drug-likeness (QED) is 0.0956. The molecule has 1 aromatic heterocycles. The topological polar surface area (TPSA) is 12.4 Å². The van der Waals surface area contributed by atoms with Gasteiger partial charge in [0.05, 0.1) is 12.3 Å². The molecule has 0 atom stereocenters. The maximum absolute atomic E-state index is 5.33. The number of hydrogen-bond donors (Lipinski definition) is 0. The van der Waals surface area contributed by atoms with E-state index >= 15 is 0 Å². The Morgan fingerprint density at radius 1 is 0.830 bits per heavy atom. The highest BCUT2D eigenvalue weighted by atomic mass is 32.1. The van der Waals surface area contributed by atoms with E-state index < -0.39 is 0 Å². The van der Waals surface area contributed by atoms with Crippen LogP contribution in [0.15, 0.2) is 126 Å². The van der Waals surface area contributed by atoms with Gasteiger partial charge in [0, 0.05) is 20.2 Å². The third kappa shape index (κ3) is 6.94. The lowest BCUT2D eigenvalue weighted by Gasteiger charge is -2.28. The molecule has 0 radical (unpaired) electrons. The molecule has 0 saturated carbocycles. The lowest BCUT2D eigenvalue weighted by molar-refractivity contribution is 0.958. The maximum atomic E-state index is 5.33. The van der Waals surface area contributed by atoms with Crippen LogP contribution < -0.4 is 0 Å². The average Bonchev–Trinajstić information content (AvgIpc) is 3.59. The molecule has 0 saturated heterocycles. The van der Waals surface area contributed by atoms with Crippen molar-refractivity contribution in [2.75, 3.05) is 6.54 Å². The summed E-state index contributed by atoms with van der Waals surface area (Å²) in [5.74, 6) is 0. The summed E-state index contributed by atoms with van der Waals surface area (Å²) in [5, 5.41) is 2.86. The van der Waals surface area contributed by atoms with Gasteiger partial charge in [0.1, 0.15) is 0 Å². The standard InChI is InChI=1S/C51H51NS/c1-7-20-36(21-8-2)33-52-50(38-23-12-11-13-24-38)37(10-4)31-32-45-48(47-35(6)40-26-15-14-25-39(40)34(5)41(47)22-9-3)42-27-16-17-28-43(42)49-44-29-18-19-30-46(44)53-51(45)49/h7-14,16,18-25,27,29-30H,1,15,17,26,28,31-33H2,2-6H3/b21-8-,22-9-,36-20+,37-10-,52-50?. The molecule has 0 N–H and O–H groups in total. The zero-order valence-electron chi connectivity index (χ0n) is 32.1. The van der Waals surface area contributed by atoms with Crippen LogP contribution in [-0.2, 0) is 19.3 Å². The second-order valence-electron chi connectivity index (χ2n) is 14.2. The lowest BCUT2D eigenvalue weighted by atomic mass is 9.76. The summed E-state index contributed by atoms with van der Waals surface area (Å²) in [7, 11) is 0. The number of thiophene rings is 1. The van der Waals surface area contributed by atoms with Crippen molar-refractivity contribution in [3.05, 3.63) is 171 Å².